The molecule has 2 aromatic carbocycles. The minimum atomic E-state index is -0.0777. The molecular weight excluding hydrogens is 334 g/mol. The standard InChI is InChI=1S/C16H16BrNOS/c1-11-9-14(17)7-8-15(11)18-16(19)13-5-3-12(4-6-13)10-20-2/h3-9H,10H2,1-2H3,(H,18,19). The van der Waals surface area contributed by atoms with Gasteiger partial charge in [-0.3, -0.25) is 4.79 Å². The number of rotatable bonds is 4. The van der Waals surface area contributed by atoms with Crippen LogP contribution in [-0.4, -0.2) is 12.2 Å². The summed E-state index contributed by atoms with van der Waals surface area (Å²) in [6.45, 7) is 1.97. The van der Waals surface area contributed by atoms with Crippen molar-refractivity contribution in [1.82, 2.24) is 0 Å². The Kier molecular flexibility index (Phi) is 5.26. The second-order valence-corrected chi connectivity index (χ2v) is 6.33. The van der Waals surface area contributed by atoms with Crippen LogP contribution in [0.1, 0.15) is 21.5 Å². The minimum Gasteiger partial charge on any atom is -0.322 e. The molecule has 0 fully saturated rings. The van der Waals surface area contributed by atoms with E-state index < -0.39 is 0 Å². The number of nitrogens with one attached hydrogen (secondary N) is 1. The van der Waals surface area contributed by atoms with Crippen molar-refractivity contribution in [2.24, 2.45) is 0 Å². The molecule has 0 bridgehead atoms. The molecule has 0 aliphatic heterocycles. The third-order valence-corrected chi connectivity index (χ3v) is 4.08. The molecule has 2 nitrogen and oxygen atoms in total. The van der Waals surface area contributed by atoms with E-state index in [9.17, 15) is 4.79 Å². The average Bonchev–Trinajstić information content (AvgIpc) is 2.43. The summed E-state index contributed by atoms with van der Waals surface area (Å²) in [4.78, 5) is 12.2. The van der Waals surface area contributed by atoms with E-state index in [1.165, 1.54) is 5.56 Å². The molecule has 0 saturated heterocycles. The number of carbonyl (C=O) groups is 1. The van der Waals surface area contributed by atoms with Crippen molar-refractivity contribution >= 4 is 39.3 Å². The summed E-state index contributed by atoms with van der Waals surface area (Å²) in [5, 5.41) is 2.94. The van der Waals surface area contributed by atoms with Crippen molar-refractivity contribution in [2.75, 3.05) is 11.6 Å². The monoisotopic (exact) mass is 349 g/mol. The van der Waals surface area contributed by atoms with E-state index in [1.807, 2.05) is 49.4 Å². The number of hydrogen-bond donors (Lipinski definition) is 1. The highest BCUT2D eigenvalue weighted by molar-refractivity contribution is 9.10. The van der Waals surface area contributed by atoms with Crippen LogP contribution in [0.3, 0.4) is 0 Å². The largest absolute Gasteiger partial charge is 0.322 e. The van der Waals surface area contributed by atoms with Gasteiger partial charge in [0.1, 0.15) is 0 Å². The van der Waals surface area contributed by atoms with Gasteiger partial charge >= 0.3 is 0 Å². The van der Waals surface area contributed by atoms with Crippen molar-refractivity contribution < 1.29 is 4.79 Å². The van der Waals surface area contributed by atoms with E-state index in [-0.39, 0.29) is 5.91 Å². The maximum atomic E-state index is 12.2. The zero-order valence-electron chi connectivity index (χ0n) is 11.4. The number of thioether (sulfide) groups is 1. The van der Waals surface area contributed by atoms with Gasteiger partial charge in [0.25, 0.3) is 5.91 Å². The molecule has 0 atom stereocenters. The Morgan fingerprint density at radius 3 is 2.50 bits per heavy atom. The summed E-state index contributed by atoms with van der Waals surface area (Å²) in [6.07, 6.45) is 2.07. The summed E-state index contributed by atoms with van der Waals surface area (Å²) in [5.74, 6) is 0.888. The number of anilines is 1. The number of hydrogen-bond acceptors (Lipinski definition) is 2. The van der Waals surface area contributed by atoms with Crippen LogP contribution in [0.2, 0.25) is 0 Å². The van der Waals surface area contributed by atoms with Gasteiger partial charge in [0.15, 0.2) is 0 Å². The molecule has 0 unspecified atom stereocenters. The molecule has 20 heavy (non-hydrogen) atoms. The molecule has 1 N–H and O–H groups in total. The lowest BCUT2D eigenvalue weighted by Gasteiger charge is -2.09. The Hall–Kier alpha value is -1.26. The average molecular weight is 350 g/mol. The molecule has 2 rings (SSSR count). The number of carbonyl (C=O) groups excluding carboxylic acids is 1. The van der Waals surface area contributed by atoms with Crippen molar-refractivity contribution in [3.05, 3.63) is 63.6 Å². The summed E-state index contributed by atoms with van der Waals surface area (Å²) < 4.78 is 1.01. The number of benzene rings is 2. The normalized spacial score (nSPS) is 10.3. The fraction of sp³-hybridized carbons (Fsp3) is 0.188. The topological polar surface area (TPSA) is 29.1 Å². The van der Waals surface area contributed by atoms with Gasteiger partial charge in [0.05, 0.1) is 0 Å². The van der Waals surface area contributed by atoms with Crippen molar-refractivity contribution in [3.63, 3.8) is 0 Å². The van der Waals surface area contributed by atoms with E-state index in [1.54, 1.807) is 11.8 Å². The van der Waals surface area contributed by atoms with Crippen LogP contribution in [0, 0.1) is 6.92 Å². The molecule has 0 aliphatic carbocycles. The van der Waals surface area contributed by atoms with Crippen LogP contribution >= 0.6 is 27.7 Å². The molecule has 0 aromatic heterocycles. The van der Waals surface area contributed by atoms with Gasteiger partial charge in [-0.05, 0) is 54.6 Å². The van der Waals surface area contributed by atoms with E-state index in [4.69, 9.17) is 0 Å². The van der Waals surface area contributed by atoms with Crippen LogP contribution in [0.25, 0.3) is 0 Å². The van der Waals surface area contributed by atoms with Gasteiger partial charge < -0.3 is 5.32 Å². The van der Waals surface area contributed by atoms with Gasteiger partial charge in [0.2, 0.25) is 0 Å². The van der Waals surface area contributed by atoms with Gasteiger partial charge in [0, 0.05) is 21.5 Å². The highest BCUT2D eigenvalue weighted by Gasteiger charge is 2.07. The lowest BCUT2D eigenvalue weighted by molar-refractivity contribution is 0.102. The molecule has 0 radical (unpaired) electrons. The molecular formula is C16H16BrNOS. The Bertz CT molecular complexity index is 610. The molecule has 1 amide bonds. The summed E-state index contributed by atoms with van der Waals surface area (Å²) in [7, 11) is 0. The third kappa shape index (κ3) is 3.87. The maximum absolute atomic E-state index is 12.2. The van der Waals surface area contributed by atoms with Gasteiger partial charge in [-0.25, -0.2) is 0 Å². The number of amides is 1. The first kappa shape index (κ1) is 15.1. The first-order valence-electron chi connectivity index (χ1n) is 6.25. The summed E-state index contributed by atoms with van der Waals surface area (Å²) in [5.41, 5.74) is 3.78. The van der Waals surface area contributed by atoms with E-state index in [2.05, 4.69) is 27.5 Å². The fourth-order valence-electron chi connectivity index (χ4n) is 1.88. The number of halogens is 1. The maximum Gasteiger partial charge on any atom is 0.255 e. The zero-order valence-corrected chi connectivity index (χ0v) is 13.8. The first-order valence-corrected chi connectivity index (χ1v) is 8.44. The zero-order chi connectivity index (χ0) is 14.5. The molecule has 2 aromatic rings. The smallest absolute Gasteiger partial charge is 0.255 e. The Morgan fingerprint density at radius 2 is 1.90 bits per heavy atom. The van der Waals surface area contributed by atoms with Crippen LogP contribution in [0.5, 0.6) is 0 Å². The van der Waals surface area contributed by atoms with E-state index >= 15 is 0 Å². The van der Waals surface area contributed by atoms with Gasteiger partial charge in [-0.1, -0.05) is 28.1 Å². The van der Waals surface area contributed by atoms with Gasteiger partial charge in [-0.15, -0.1) is 0 Å². The Morgan fingerprint density at radius 1 is 1.20 bits per heavy atom. The molecule has 0 aliphatic rings. The van der Waals surface area contributed by atoms with Crippen LogP contribution < -0.4 is 5.32 Å². The number of aryl methyl sites for hydroxylation is 1. The Labute approximate surface area is 132 Å². The van der Waals surface area contributed by atoms with Crippen molar-refractivity contribution in [2.45, 2.75) is 12.7 Å². The van der Waals surface area contributed by atoms with Gasteiger partial charge in [-0.2, -0.15) is 11.8 Å². The summed E-state index contributed by atoms with van der Waals surface area (Å²) in [6, 6.07) is 13.5. The second-order valence-electron chi connectivity index (χ2n) is 4.54. The summed E-state index contributed by atoms with van der Waals surface area (Å²) >= 11 is 5.19. The molecule has 4 heteroatoms. The molecule has 104 valence electrons. The predicted molar refractivity (Wildman–Crippen MR) is 90.5 cm³/mol. The fourth-order valence-corrected chi connectivity index (χ4v) is 2.88. The van der Waals surface area contributed by atoms with E-state index in [0.29, 0.717) is 5.56 Å². The van der Waals surface area contributed by atoms with Crippen LogP contribution in [0.4, 0.5) is 5.69 Å². The lowest BCUT2D eigenvalue weighted by Crippen LogP contribution is -2.12. The lowest BCUT2D eigenvalue weighted by atomic mass is 10.1. The SMILES string of the molecule is CSCc1ccc(C(=O)Nc2ccc(Br)cc2C)cc1. The van der Waals surface area contributed by atoms with Crippen LogP contribution in [-0.2, 0) is 5.75 Å². The van der Waals surface area contributed by atoms with E-state index in [0.717, 1.165) is 21.5 Å². The molecule has 0 spiro atoms. The first-order chi connectivity index (χ1) is 9.60. The highest BCUT2D eigenvalue weighted by Crippen LogP contribution is 2.21. The predicted octanol–water partition coefficient (Wildman–Crippen LogP) is 4.87. The quantitative estimate of drug-likeness (QED) is 0.852. The van der Waals surface area contributed by atoms with Crippen LogP contribution in [0.15, 0.2) is 46.9 Å². The third-order valence-electron chi connectivity index (χ3n) is 2.96. The minimum absolute atomic E-state index is 0.0777. The van der Waals surface area contributed by atoms with Crippen molar-refractivity contribution in [1.29, 1.82) is 0 Å². The molecule has 0 heterocycles. The Balaban J connectivity index is 2.11. The molecule has 0 saturated carbocycles. The second kappa shape index (κ2) is 6.95. The van der Waals surface area contributed by atoms with Crippen molar-refractivity contribution in [3.8, 4) is 0 Å². The highest BCUT2D eigenvalue weighted by atomic mass is 79.9.